The number of fused-ring (bicyclic) bond motifs is 18. The Kier molecular flexibility index (Phi) is 104. The van der Waals surface area contributed by atoms with Gasteiger partial charge >= 0.3 is 0 Å². The minimum Gasteiger partial charge on any atom is -0.300 e. The van der Waals surface area contributed by atoms with E-state index in [-0.39, 0.29) is 0 Å². The lowest BCUT2D eigenvalue weighted by Gasteiger charge is -2.51. The molecule has 0 saturated heterocycles. The topological polar surface area (TPSA) is 17.1 Å². The van der Waals surface area contributed by atoms with Crippen LogP contribution in [0.3, 0.4) is 0 Å². The van der Waals surface area contributed by atoms with Crippen LogP contribution < -0.4 is 0 Å². The maximum absolute atomic E-state index is 10.5. The van der Waals surface area contributed by atoms with Crippen molar-refractivity contribution >= 4 is 5.78 Å². The maximum atomic E-state index is 10.5. The molecule has 10 atom stereocenters. The van der Waals surface area contributed by atoms with E-state index in [1.54, 1.807) is 212 Å². The summed E-state index contributed by atoms with van der Waals surface area (Å²) in [7, 11) is 0. The molecule has 0 aliphatic heterocycles. The molecule has 0 spiro atoms. The normalized spacial score (nSPS) is 32.6. The van der Waals surface area contributed by atoms with E-state index >= 15 is 0 Å². The second-order valence-electron chi connectivity index (χ2n) is 42.5. The zero-order valence-electron chi connectivity index (χ0n) is 97.1. The van der Waals surface area contributed by atoms with E-state index in [9.17, 15) is 4.79 Å². The Bertz CT molecular complexity index is 1860. The van der Waals surface area contributed by atoms with Crippen LogP contribution >= 0.6 is 0 Å². The third kappa shape index (κ3) is 62.7. The van der Waals surface area contributed by atoms with Crippen molar-refractivity contribution in [1.29, 1.82) is 0 Å². The highest BCUT2D eigenvalue weighted by Gasteiger charge is 2.59. The van der Waals surface area contributed by atoms with Crippen molar-refractivity contribution in [3.63, 3.8) is 0 Å². The van der Waals surface area contributed by atoms with Gasteiger partial charge in [0.15, 0.2) is 0 Å². The van der Waals surface area contributed by atoms with Crippen LogP contribution in [0.25, 0.3) is 0 Å². The Morgan fingerprint density at radius 2 is 0.275 bits per heavy atom. The van der Waals surface area contributed by atoms with Gasteiger partial charge in [0.05, 0.1) is 0 Å². The van der Waals surface area contributed by atoms with Gasteiger partial charge in [-0.15, -0.1) is 0 Å². The predicted molar refractivity (Wildman–Crippen MR) is 606 cm³/mol. The lowest BCUT2D eigenvalue weighted by Crippen LogP contribution is -2.43. The van der Waals surface area contributed by atoms with Crippen LogP contribution in [0.2, 0.25) is 0 Å². The van der Waals surface area contributed by atoms with Gasteiger partial charge in [-0.25, -0.2) is 0 Å². The van der Waals surface area contributed by atoms with E-state index in [0.29, 0.717) is 5.78 Å². The number of carbonyl (C=O) groups is 1. The van der Waals surface area contributed by atoms with E-state index < -0.39 is 0 Å². The summed E-state index contributed by atoms with van der Waals surface area (Å²) in [5.41, 5.74) is 0. The molecule has 24 rings (SSSR count). The number of carbonyl (C=O) groups excluding carboxylic acids is 1. The molecule has 10 unspecified atom stereocenters. The first-order valence-electron chi connectivity index (χ1n) is 64.6. The molecule has 0 radical (unpaired) electrons. The van der Waals surface area contributed by atoms with Crippen molar-refractivity contribution in [2.45, 2.75) is 713 Å². The van der Waals surface area contributed by atoms with Crippen LogP contribution in [-0.4, -0.2) is 5.78 Å². The van der Waals surface area contributed by atoms with Gasteiger partial charge in [0.25, 0.3) is 0 Å². The lowest BCUT2D eigenvalue weighted by molar-refractivity contribution is -0.120. The van der Waals surface area contributed by atoms with Crippen molar-refractivity contribution in [3.8, 4) is 0 Å². The fourth-order valence-electron chi connectivity index (χ4n) is 28.2. The van der Waals surface area contributed by atoms with Crippen LogP contribution in [0.15, 0.2) is 0 Å². The molecule has 131 heavy (non-hydrogen) atoms. The molecule has 1 heteroatoms. The summed E-state index contributed by atoms with van der Waals surface area (Å²) in [5, 5.41) is 0. The van der Waals surface area contributed by atoms with E-state index in [4.69, 9.17) is 0 Å². The summed E-state index contributed by atoms with van der Waals surface area (Å²) in [6, 6.07) is 0. The van der Waals surface area contributed by atoms with Crippen LogP contribution in [0, 0.1) is 118 Å². The largest absolute Gasteiger partial charge is 0.300 e. The quantitative estimate of drug-likeness (QED) is 0.175. The molecular formula is C130H264O. The molecule has 24 aliphatic carbocycles. The molecule has 0 aromatic carbocycles. The van der Waals surface area contributed by atoms with Gasteiger partial charge in [0.2, 0.25) is 0 Å². The van der Waals surface area contributed by atoms with Crippen molar-refractivity contribution in [3.05, 3.63) is 0 Å². The molecule has 24 saturated carbocycles. The fraction of sp³-hybridized carbons (Fsp3) is 0.992. The van der Waals surface area contributed by atoms with Crippen LogP contribution in [0.5, 0.6) is 0 Å². The van der Waals surface area contributed by atoms with Gasteiger partial charge < -0.3 is 0 Å². The zero-order valence-corrected chi connectivity index (χ0v) is 97.1. The van der Waals surface area contributed by atoms with Crippen molar-refractivity contribution in [1.82, 2.24) is 0 Å². The summed E-state index contributed by atoms with van der Waals surface area (Å²) in [6.45, 7) is 52.0. The number of hydrogen-bond donors (Lipinski definition) is 0. The Hall–Kier alpha value is -0.330. The van der Waals surface area contributed by atoms with Gasteiger partial charge in [-0.3, -0.25) is 4.79 Å². The second-order valence-corrected chi connectivity index (χ2v) is 42.5. The summed E-state index contributed by atoms with van der Waals surface area (Å²) in [6.07, 6.45) is 125. The molecule has 0 aromatic rings. The van der Waals surface area contributed by atoms with Gasteiger partial charge in [-0.05, 0) is 260 Å². The second kappa shape index (κ2) is 101. The molecule has 0 heterocycles. The number of rotatable bonds is 0. The number of hydrogen-bond acceptors (Lipinski definition) is 1. The average molecular weight is 1840 g/mol. The minimum atomic E-state index is 0.464. The van der Waals surface area contributed by atoms with Gasteiger partial charge in [-0.2, -0.15) is 0 Å². The number of Topliss-reactive ketones (excluding diaryl/α,β-unsaturated/α-hetero) is 1. The first kappa shape index (κ1) is 135. The lowest BCUT2D eigenvalue weighted by atomic mass is 9.54. The van der Waals surface area contributed by atoms with E-state index in [0.717, 1.165) is 37.5 Å². The molecule has 1 nitrogen and oxygen atoms in total. The molecule has 24 fully saturated rings. The molecule has 0 aromatic heterocycles. The monoisotopic (exact) mass is 1840 g/mol. The predicted octanol–water partition coefficient (Wildman–Crippen LogP) is 47.7. The smallest absolute Gasteiger partial charge is 0.132 e. The third-order valence-electron chi connectivity index (χ3n) is 34.3. The Labute approximate surface area is 836 Å². The summed E-state index contributed by atoms with van der Waals surface area (Å²) >= 11 is 0. The Morgan fingerprint density at radius 1 is 0.122 bits per heavy atom. The van der Waals surface area contributed by atoms with Crippen LogP contribution in [0.1, 0.15) is 713 Å². The number of ketones is 1. The van der Waals surface area contributed by atoms with Gasteiger partial charge in [0, 0.05) is 12.8 Å². The summed E-state index contributed by atoms with van der Waals surface area (Å²) < 4.78 is 0. The molecule has 790 valence electrons. The molecule has 0 N–H and O–H groups in total. The Balaban J connectivity index is -0.00000135. The SMILES string of the molecule is C1C2CC3CC1CC(C2)C3.C1CC1.C1CC2CC1C1C3CCC(C3)C21.C1CC2CCC1C2.C1CC2CCC1C2.C1CCC1.C1CCC2C(C1)CCC1C3CCCC3CCC21.C1CCCC1.C1CCCCC1.C1CCCCCC1.C1CCCCCCC1.C1CCCCCCCCCCC1.CC.CC.CC.CC.CC.CC.CC.CC.CC.CC.CC.CC.CC.O=C1CCCCC1. The summed E-state index contributed by atoms with van der Waals surface area (Å²) in [5.74, 6) is 24.2. The standard InChI is InChI=1S/C17H28.C12H18.C12H24.C10H16.C8H16.2C7H12.C7H14.C6H10O.C6H12.C5H10.C4H8.C3H6.13C2H6/c1-2-6-14-12(4-1)8-10-17-15-7-3-5-13(15)9-11-16(14)17;1-2-8-5-7(1)11-9-3-4-10(6-9)12(8)11;1-2-4-6-8-10-12-11-9-7-5-3-1;1-7-2-9-4-8(1)5-10(3-7)6-9;1-2-4-6-8-7-5-3-1;2*1-2-7-4-3-6(1)5-7;1-2-4-6-7-5-3-1;7-6-4-2-1-3-5-6;1-2-4-6-5-3-1;1-2-4-5-3-1;1-2-4-3-1;1-2-3-1;13*1-2/h12-17H,1-11H2;7-12H,1-6H2;1-12H2;7-10H,1-6H2;1-8H2;2*6-7H,1-5H2;1-7H2;1-5H2;1-6H2;1-5H2;1-4H2;1-3H2;13*1-2H3. The molecule has 24 aliphatic rings. The van der Waals surface area contributed by atoms with Crippen LogP contribution in [-0.2, 0) is 4.79 Å². The van der Waals surface area contributed by atoms with Crippen LogP contribution in [0.4, 0.5) is 0 Å². The highest BCUT2D eigenvalue weighted by atomic mass is 16.1. The zero-order chi connectivity index (χ0) is 97.8. The van der Waals surface area contributed by atoms with E-state index in [1.807, 2.05) is 180 Å². The van der Waals surface area contributed by atoms with Gasteiger partial charge in [-0.1, -0.05) is 559 Å². The highest BCUT2D eigenvalue weighted by molar-refractivity contribution is 5.78. The minimum absolute atomic E-state index is 0.464. The van der Waals surface area contributed by atoms with Crippen molar-refractivity contribution in [2.24, 2.45) is 118 Å². The van der Waals surface area contributed by atoms with E-state index in [1.165, 1.54) is 402 Å². The first-order valence-corrected chi connectivity index (χ1v) is 64.6. The maximum Gasteiger partial charge on any atom is 0.132 e. The molecule has 12 bridgehead atoms. The summed E-state index contributed by atoms with van der Waals surface area (Å²) in [4.78, 5) is 10.5. The third-order valence-corrected chi connectivity index (χ3v) is 34.3. The molecular weight excluding hydrogens is 1580 g/mol. The highest BCUT2D eigenvalue weighted by Crippen LogP contribution is 2.67. The van der Waals surface area contributed by atoms with E-state index in [2.05, 4.69) is 0 Å². The molecule has 0 amide bonds. The fourth-order valence-corrected chi connectivity index (χ4v) is 28.2. The Morgan fingerprint density at radius 3 is 0.443 bits per heavy atom. The first-order chi connectivity index (χ1) is 65.1. The van der Waals surface area contributed by atoms with Crippen molar-refractivity contribution < 1.29 is 4.79 Å². The van der Waals surface area contributed by atoms with Crippen molar-refractivity contribution in [2.75, 3.05) is 0 Å². The average Bonchev–Trinajstić information content (AvgIpc) is 1.57. The van der Waals surface area contributed by atoms with Gasteiger partial charge in [0.1, 0.15) is 5.78 Å².